The van der Waals surface area contributed by atoms with E-state index in [0.717, 1.165) is 48.9 Å². The molecule has 6 nitrogen and oxygen atoms in total. The lowest BCUT2D eigenvalue weighted by molar-refractivity contribution is -0.129. The fourth-order valence-corrected chi connectivity index (χ4v) is 2.53. The average Bonchev–Trinajstić information content (AvgIpc) is 2.46. The molecule has 0 saturated carbocycles. The highest BCUT2D eigenvalue weighted by molar-refractivity contribution is 5.87. The summed E-state index contributed by atoms with van der Waals surface area (Å²) in [6, 6.07) is 3.89. The fraction of sp³-hybridized carbons (Fsp3) is 0.429. The molecule has 0 N–H and O–H groups in total. The first-order valence-corrected chi connectivity index (χ1v) is 6.75. The van der Waals surface area contributed by atoms with Crippen LogP contribution in [-0.2, 0) is 4.79 Å². The van der Waals surface area contributed by atoms with E-state index in [4.69, 9.17) is 0 Å². The van der Waals surface area contributed by atoms with Gasteiger partial charge in [-0.3, -0.25) is 4.79 Å². The summed E-state index contributed by atoms with van der Waals surface area (Å²) in [5.74, 6) is 1.78. The van der Waals surface area contributed by atoms with Crippen LogP contribution < -0.4 is 4.90 Å². The minimum absolute atomic E-state index is 0.134. The van der Waals surface area contributed by atoms with Crippen molar-refractivity contribution in [1.29, 1.82) is 0 Å². The van der Waals surface area contributed by atoms with Gasteiger partial charge in [-0.15, -0.1) is 0 Å². The summed E-state index contributed by atoms with van der Waals surface area (Å²) in [5, 5.41) is 0.967. The zero-order chi connectivity index (χ0) is 14.1. The van der Waals surface area contributed by atoms with E-state index in [1.807, 2.05) is 24.0 Å². The van der Waals surface area contributed by atoms with Crippen LogP contribution in [0.5, 0.6) is 0 Å². The van der Waals surface area contributed by atoms with Crippen LogP contribution in [0.15, 0.2) is 18.3 Å². The summed E-state index contributed by atoms with van der Waals surface area (Å²) in [5.41, 5.74) is 0.726. The van der Waals surface area contributed by atoms with Crippen LogP contribution in [0.4, 0.5) is 5.82 Å². The highest BCUT2D eigenvalue weighted by atomic mass is 16.2. The molecule has 1 aliphatic heterocycles. The molecule has 2 aromatic heterocycles. The molecule has 1 saturated heterocycles. The van der Waals surface area contributed by atoms with Crippen molar-refractivity contribution in [3.05, 3.63) is 24.2 Å². The van der Waals surface area contributed by atoms with Crippen molar-refractivity contribution >= 4 is 22.8 Å². The van der Waals surface area contributed by atoms with Crippen LogP contribution in [-0.4, -0.2) is 51.9 Å². The average molecular weight is 271 g/mol. The van der Waals surface area contributed by atoms with E-state index in [0.29, 0.717) is 0 Å². The normalized spacial score (nSPS) is 15.7. The molecule has 1 amide bonds. The fourth-order valence-electron chi connectivity index (χ4n) is 2.53. The number of hydrogen-bond donors (Lipinski definition) is 0. The van der Waals surface area contributed by atoms with E-state index >= 15 is 0 Å². The Morgan fingerprint density at radius 3 is 2.65 bits per heavy atom. The summed E-state index contributed by atoms with van der Waals surface area (Å²) in [7, 11) is 0. The van der Waals surface area contributed by atoms with Crippen molar-refractivity contribution in [1.82, 2.24) is 19.9 Å². The molecule has 0 bridgehead atoms. The van der Waals surface area contributed by atoms with E-state index < -0.39 is 0 Å². The van der Waals surface area contributed by atoms with E-state index in [2.05, 4.69) is 19.9 Å². The number of amides is 1. The van der Waals surface area contributed by atoms with Gasteiger partial charge in [-0.25, -0.2) is 15.0 Å². The van der Waals surface area contributed by atoms with Gasteiger partial charge in [-0.1, -0.05) is 0 Å². The van der Waals surface area contributed by atoms with Crippen molar-refractivity contribution in [2.24, 2.45) is 0 Å². The standard InChI is InChI=1S/C14H17N5O/c1-10-16-13-12(4-3-5-15-13)14(17-10)19-8-6-18(7-9-19)11(2)20/h3-5H,6-9H2,1-2H3. The summed E-state index contributed by atoms with van der Waals surface area (Å²) in [4.78, 5) is 28.7. The summed E-state index contributed by atoms with van der Waals surface area (Å²) in [6.07, 6.45) is 1.74. The highest BCUT2D eigenvalue weighted by Crippen LogP contribution is 2.23. The summed E-state index contributed by atoms with van der Waals surface area (Å²) < 4.78 is 0. The molecule has 0 aromatic carbocycles. The Kier molecular flexibility index (Phi) is 3.22. The zero-order valence-electron chi connectivity index (χ0n) is 11.7. The number of piperazine rings is 1. The van der Waals surface area contributed by atoms with Gasteiger partial charge in [-0.2, -0.15) is 0 Å². The lowest BCUT2D eigenvalue weighted by atomic mass is 10.2. The largest absolute Gasteiger partial charge is 0.352 e. The Bertz CT molecular complexity index is 649. The van der Waals surface area contributed by atoms with Gasteiger partial charge >= 0.3 is 0 Å². The summed E-state index contributed by atoms with van der Waals surface area (Å²) >= 11 is 0. The first-order valence-electron chi connectivity index (χ1n) is 6.75. The van der Waals surface area contributed by atoms with Gasteiger partial charge in [0, 0.05) is 39.3 Å². The monoisotopic (exact) mass is 271 g/mol. The minimum atomic E-state index is 0.134. The van der Waals surface area contributed by atoms with Gasteiger partial charge in [0.1, 0.15) is 11.6 Å². The molecule has 6 heteroatoms. The van der Waals surface area contributed by atoms with Gasteiger partial charge in [0.2, 0.25) is 5.91 Å². The second-order valence-corrected chi connectivity index (χ2v) is 4.96. The Morgan fingerprint density at radius 1 is 1.20 bits per heavy atom. The van der Waals surface area contributed by atoms with Gasteiger partial charge in [0.15, 0.2) is 5.65 Å². The number of aromatic nitrogens is 3. The molecular weight excluding hydrogens is 254 g/mol. The highest BCUT2D eigenvalue weighted by Gasteiger charge is 2.21. The lowest BCUT2D eigenvalue weighted by Crippen LogP contribution is -2.48. The third-order valence-corrected chi connectivity index (χ3v) is 3.59. The molecular formula is C14H17N5O. The molecule has 0 radical (unpaired) electrons. The van der Waals surface area contributed by atoms with Gasteiger partial charge in [-0.05, 0) is 19.1 Å². The first-order chi connectivity index (χ1) is 9.65. The van der Waals surface area contributed by atoms with E-state index in [-0.39, 0.29) is 5.91 Å². The Labute approximate surface area is 117 Å². The third-order valence-electron chi connectivity index (χ3n) is 3.59. The molecule has 20 heavy (non-hydrogen) atoms. The molecule has 0 unspecified atom stereocenters. The number of pyridine rings is 1. The predicted octanol–water partition coefficient (Wildman–Crippen LogP) is 1.00. The molecule has 0 atom stereocenters. The van der Waals surface area contributed by atoms with Crippen molar-refractivity contribution in [3.63, 3.8) is 0 Å². The van der Waals surface area contributed by atoms with Crippen LogP contribution in [0, 0.1) is 6.92 Å². The Balaban J connectivity index is 1.93. The third kappa shape index (κ3) is 2.29. The predicted molar refractivity (Wildman–Crippen MR) is 76.5 cm³/mol. The number of carbonyl (C=O) groups is 1. The molecule has 1 fully saturated rings. The SMILES string of the molecule is CC(=O)N1CCN(c2nc(C)nc3ncccc23)CC1. The van der Waals surface area contributed by atoms with E-state index in [1.165, 1.54) is 0 Å². The maximum absolute atomic E-state index is 11.4. The first kappa shape index (κ1) is 12.8. The van der Waals surface area contributed by atoms with Crippen molar-refractivity contribution in [2.75, 3.05) is 31.1 Å². The van der Waals surface area contributed by atoms with Gasteiger partial charge in [0.05, 0.1) is 5.39 Å². The van der Waals surface area contributed by atoms with Crippen molar-refractivity contribution in [2.45, 2.75) is 13.8 Å². The number of fused-ring (bicyclic) bond motifs is 1. The quantitative estimate of drug-likeness (QED) is 0.774. The van der Waals surface area contributed by atoms with Crippen LogP contribution in [0.1, 0.15) is 12.7 Å². The second-order valence-electron chi connectivity index (χ2n) is 4.96. The maximum Gasteiger partial charge on any atom is 0.219 e. The minimum Gasteiger partial charge on any atom is -0.352 e. The number of aryl methyl sites for hydroxylation is 1. The second kappa shape index (κ2) is 5.03. The lowest BCUT2D eigenvalue weighted by Gasteiger charge is -2.35. The number of anilines is 1. The molecule has 0 spiro atoms. The molecule has 3 heterocycles. The van der Waals surface area contributed by atoms with Crippen molar-refractivity contribution < 1.29 is 4.79 Å². The molecule has 104 valence electrons. The van der Waals surface area contributed by atoms with Crippen LogP contribution in [0.2, 0.25) is 0 Å². The molecule has 1 aliphatic rings. The number of nitrogens with zero attached hydrogens (tertiary/aromatic N) is 5. The molecule has 3 rings (SSSR count). The van der Waals surface area contributed by atoms with E-state index in [9.17, 15) is 4.79 Å². The maximum atomic E-state index is 11.4. The number of hydrogen-bond acceptors (Lipinski definition) is 5. The van der Waals surface area contributed by atoms with Crippen LogP contribution >= 0.6 is 0 Å². The van der Waals surface area contributed by atoms with Gasteiger partial charge in [0.25, 0.3) is 0 Å². The Hall–Kier alpha value is -2.24. The van der Waals surface area contributed by atoms with Crippen molar-refractivity contribution in [3.8, 4) is 0 Å². The van der Waals surface area contributed by atoms with Gasteiger partial charge < -0.3 is 9.80 Å². The smallest absolute Gasteiger partial charge is 0.219 e. The van der Waals surface area contributed by atoms with Crippen LogP contribution in [0.3, 0.4) is 0 Å². The topological polar surface area (TPSA) is 62.2 Å². The van der Waals surface area contributed by atoms with Crippen LogP contribution in [0.25, 0.3) is 11.0 Å². The molecule has 0 aliphatic carbocycles. The summed E-state index contributed by atoms with van der Waals surface area (Å²) in [6.45, 7) is 6.55. The van der Waals surface area contributed by atoms with E-state index in [1.54, 1.807) is 13.1 Å². The number of carbonyl (C=O) groups excluding carboxylic acids is 1. The zero-order valence-corrected chi connectivity index (χ0v) is 11.7. The molecule has 2 aromatic rings. The number of rotatable bonds is 1. The Morgan fingerprint density at radius 2 is 1.95 bits per heavy atom.